The Morgan fingerprint density at radius 3 is 2.21 bits per heavy atom. The lowest BCUT2D eigenvalue weighted by atomic mass is 10.1. The Kier molecular flexibility index (Phi) is 5.63. The van der Waals surface area contributed by atoms with Gasteiger partial charge in [0.2, 0.25) is 0 Å². The van der Waals surface area contributed by atoms with Crippen molar-refractivity contribution in [2.45, 2.75) is 58.0 Å². The monoisotopic (exact) mass is 392 g/mol. The highest BCUT2D eigenvalue weighted by atomic mass is 127. The zero-order chi connectivity index (χ0) is 14.8. The van der Waals surface area contributed by atoms with Crippen LogP contribution < -0.4 is 0 Å². The summed E-state index contributed by atoms with van der Waals surface area (Å²) in [6.45, 7) is 13.0. The summed E-state index contributed by atoms with van der Waals surface area (Å²) in [5.41, 5.74) is 0.953. The number of benzene rings is 1. The fourth-order valence-corrected chi connectivity index (χ4v) is 3.79. The molecule has 0 spiro atoms. The molecule has 108 valence electrons. The van der Waals surface area contributed by atoms with Gasteiger partial charge in [-0.2, -0.15) is 0 Å². The van der Waals surface area contributed by atoms with E-state index in [0.29, 0.717) is 0 Å². The Labute approximate surface area is 131 Å². The van der Waals surface area contributed by atoms with E-state index in [4.69, 9.17) is 4.43 Å². The Morgan fingerprint density at radius 1 is 1.21 bits per heavy atom. The summed E-state index contributed by atoms with van der Waals surface area (Å²) in [5, 5.41) is 10.6. The molecule has 2 atom stereocenters. The van der Waals surface area contributed by atoms with Gasteiger partial charge in [-0.1, -0.05) is 39.0 Å². The SMILES string of the molecule is CC(O[Si](C)(C)C(C)(C)C)C(O)c1ccccc1I. The molecule has 1 aromatic carbocycles. The molecule has 19 heavy (non-hydrogen) atoms. The molecule has 2 unspecified atom stereocenters. The van der Waals surface area contributed by atoms with Gasteiger partial charge in [0.25, 0.3) is 0 Å². The molecule has 4 heteroatoms. The summed E-state index contributed by atoms with van der Waals surface area (Å²) in [4.78, 5) is 0. The van der Waals surface area contributed by atoms with Gasteiger partial charge >= 0.3 is 0 Å². The third-order valence-electron chi connectivity index (χ3n) is 3.96. The number of aliphatic hydroxyl groups excluding tert-OH is 1. The summed E-state index contributed by atoms with van der Waals surface area (Å²) >= 11 is 2.26. The number of aliphatic hydroxyl groups is 1. The minimum absolute atomic E-state index is 0.158. The van der Waals surface area contributed by atoms with E-state index in [1.54, 1.807) is 0 Å². The van der Waals surface area contributed by atoms with Gasteiger partial charge in [-0.3, -0.25) is 0 Å². The van der Waals surface area contributed by atoms with E-state index in [1.165, 1.54) is 0 Å². The van der Waals surface area contributed by atoms with Crippen molar-refractivity contribution in [1.29, 1.82) is 0 Å². The third kappa shape index (κ3) is 4.28. The number of rotatable bonds is 4. The topological polar surface area (TPSA) is 29.5 Å². The molecule has 0 aliphatic rings. The lowest BCUT2D eigenvalue weighted by molar-refractivity contribution is 0.0375. The lowest BCUT2D eigenvalue weighted by Crippen LogP contribution is -2.44. The van der Waals surface area contributed by atoms with Crippen molar-refractivity contribution in [3.8, 4) is 0 Å². The first-order valence-electron chi connectivity index (χ1n) is 6.66. The van der Waals surface area contributed by atoms with Crippen LogP contribution in [0, 0.1) is 3.57 Å². The Morgan fingerprint density at radius 2 is 1.74 bits per heavy atom. The van der Waals surface area contributed by atoms with Gasteiger partial charge < -0.3 is 9.53 Å². The molecular formula is C15H25IO2Si. The van der Waals surface area contributed by atoms with Crippen LogP contribution >= 0.6 is 22.6 Å². The predicted octanol–water partition coefficient (Wildman–Crippen LogP) is 4.73. The van der Waals surface area contributed by atoms with Crippen molar-refractivity contribution in [2.24, 2.45) is 0 Å². The standard InChI is InChI=1S/C15H25IO2Si/c1-11(18-19(5,6)15(2,3)4)14(17)12-9-7-8-10-13(12)16/h7-11,14,17H,1-6H3. The second-order valence-corrected chi connectivity index (χ2v) is 12.5. The van der Waals surface area contributed by atoms with E-state index in [2.05, 4.69) is 56.5 Å². The number of halogens is 1. The normalized spacial score (nSPS) is 16.2. The summed E-state index contributed by atoms with van der Waals surface area (Å²) in [5.74, 6) is 0. The summed E-state index contributed by atoms with van der Waals surface area (Å²) in [7, 11) is -1.84. The highest BCUT2D eigenvalue weighted by Crippen LogP contribution is 2.38. The molecule has 0 amide bonds. The Hall–Kier alpha value is 0.0869. The first kappa shape index (κ1) is 17.1. The lowest BCUT2D eigenvalue weighted by Gasteiger charge is -2.39. The minimum Gasteiger partial charge on any atom is -0.411 e. The molecular weight excluding hydrogens is 367 g/mol. The molecule has 1 N–H and O–H groups in total. The van der Waals surface area contributed by atoms with Gasteiger partial charge in [0, 0.05) is 3.57 Å². The first-order chi connectivity index (χ1) is 8.56. The Bertz CT molecular complexity index is 426. The van der Waals surface area contributed by atoms with Crippen LogP contribution in [0.4, 0.5) is 0 Å². The van der Waals surface area contributed by atoms with Crippen LogP contribution in [0.5, 0.6) is 0 Å². The van der Waals surface area contributed by atoms with Gasteiger partial charge in [-0.05, 0) is 59.3 Å². The van der Waals surface area contributed by atoms with Gasteiger partial charge in [0.15, 0.2) is 8.32 Å². The summed E-state index contributed by atoms with van der Waals surface area (Å²) in [6.07, 6.45) is -0.751. The van der Waals surface area contributed by atoms with Crippen molar-refractivity contribution in [1.82, 2.24) is 0 Å². The molecule has 1 rings (SSSR count). The quantitative estimate of drug-likeness (QED) is 0.593. The van der Waals surface area contributed by atoms with Crippen LogP contribution in [0.3, 0.4) is 0 Å². The maximum Gasteiger partial charge on any atom is 0.192 e. The van der Waals surface area contributed by atoms with Gasteiger partial charge in [-0.15, -0.1) is 0 Å². The average molecular weight is 392 g/mol. The molecule has 1 aromatic rings. The molecule has 2 nitrogen and oxygen atoms in total. The molecule has 0 heterocycles. The largest absolute Gasteiger partial charge is 0.411 e. The highest BCUT2D eigenvalue weighted by molar-refractivity contribution is 14.1. The molecule has 0 bridgehead atoms. The highest BCUT2D eigenvalue weighted by Gasteiger charge is 2.39. The molecule has 0 saturated carbocycles. The molecule has 0 aliphatic carbocycles. The van der Waals surface area contributed by atoms with Gasteiger partial charge in [-0.25, -0.2) is 0 Å². The van der Waals surface area contributed by atoms with Crippen molar-refractivity contribution in [2.75, 3.05) is 0 Å². The number of hydrogen-bond donors (Lipinski definition) is 1. The van der Waals surface area contributed by atoms with E-state index >= 15 is 0 Å². The zero-order valence-corrected chi connectivity index (χ0v) is 15.9. The zero-order valence-electron chi connectivity index (χ0n) is 12.7. The van der Waals surface area contributed by atoms with Gasteiger partial charge in [0.1, 0.15) is 6.10 Å². The van der Waals surface area contributed by atoms with E-state index in [-0.39, 0.29) is 11.1 Å². The molecule has 0 aromatic heterocycles. The number of hydrogen-bond acceptors (Lipinski definition) is 2. The van der Waals surface area contributed by atoms with E-state index < -0.39 is 14.4 Å². The fourth-order valence-electron chi connectivity index (χ4n) is 1.67. The minimum atomic E-state index is -1.84. The maximum atomic E-state index is 10.5. The van der Waals surface area contributed by atoms with Crippen molar-refractivity contribution in [3.05, 3.63) is 33.4 Å². The fraction of sp³-hybridized carbons (Fsp3) is 0.600. The maximum absolute atomic E-state index is 10.5. The second kappa shape index (κ2) is 6.24. The summed E-state index contributed by atoms with van der Waals surface area (Å²) in [6, 6.07) is 7.92. The summed E-state index contributed by atoms with van der Waals surface area (Å²) < 4.78 is 7.34. The molecule has 0 fully saturated rings. The van der Waals surface area contributed by atoms with Gasteiger partial charge in [0.05, 0.1) is 6.10 Å². The molecule has 0 radical (unpaired) electrons. The third-order valence-corrected chi connectivity index (χ3v) is 9.51. The van der Waals surface area contributed by atoms with Crippen LogP contribution in [0.15, 0.2) is 24.3 Å². The first-order valence-corrected chi connectivity index (χ1v) is 10.7. The van der Waals surface area contributed by atoms with Crippen molar-refractivity contribution in [3.63, 3.8) is 0 Å². The van der Waals surface area contributed by atoms with Crippen LogP contribution in [-0.4, -0.2) is 19.5 Å². The average Bonchev–Trinajstić information content (AvgIpc) is 2.26. The Balaban J connectivity index is 2.85. The van der Waals surface area contributed by atoms with E-state index in [0.717, 1.165) is 9.13 Å². The van der Waals surface area contributed by atoms with Crippen LogP contribution in [0.25, 0.3) is 0 Å². The predicted molar refractivity (Wildman–Crippen MR) is 91.9 cm³/mol. The van der Waals surface area contributed by atoms with Crippen LogP contribution in [0.2, 0.25) is 18.1 Å². The smallest absolute Gasteiger partial charge is 0.192 e. The van der Waals surface area contributed by atoms with Crippen LogP contribution in [-0.2, 0) is 4.43 Å². The van der Waals surface area contributed by atoms with Crippen LogP contribution in [0.1, 0.15) is 39.4 Å². The molecule has 0 saturated heterocycles. The van der Waals surface area contributed by atoms with Crippen molar-refractivity contribution >= 4 is 30.9 Å². The second-order valence-electron chi connectivity index (χ2n) is 6.55. The van der Waals surface area contributed by atoms with E-state index in [1.807, 2.05) is 31.2 Å². The van der Waals surface area contributed by atoms with Crippen molar-refractivity contribution < 1.29 is 9.53 Å². The molecule has 0 aliphatic heterocycles. The van der Waals surface area contributed by atoms with E-state index in [9.17, 15) is 5.11 Å².